The zero-order valence-corrected chi connectivity index (χ0v) is 15.0. The van der Waals surface area contributed by atoms with E-state index in [1.54, 1.807) is 0 Å². The molecule has 2 aliphatic heterocycles. The smallest absolute Gasteiger partial charge is 0.271 e. The predicted octanol–water partition coefficient (Wildman–Crippen LogP) is 0.920. The van der Waals surface area contributed by atoms with Crippen LogP contribution in [0.25, 0.3) is 0 Å². The highest BCUT2D eigenvalue weighted by Gasteiger charge is 2.27. The molecule has 0 aromatic carbocycles. The molecule has 0 bridgehead atoms. The van der Waals surface area contributed by atoms with Gasteiger partial charge in [-0.2, -0.15) is 5.10 Å². The van der Waals surface area contributed by atoms with Crippen molar-refractivity contribution in [2.75, 3.05) is 19.6 Å². The fraction of sp³-hybridized carbons (Fsp3) is 0.500. The maximum Gasteiger partial charge on any atom is 0.271 e. The molecule has 2 aliphatic rings. The normalized spacial score (nSPS) is 18.2. The highest BCUT2D eigenvalue weighted by atomic mass is 16.5. The number of fused-ring (bicyclic) bond motifs is 2. The van der Waals surface area contributed by atoms with Gasteiger partial charge in [0, 0.05) is 51.3 Å². The summed E-state index contributed by atoms with van der Waals surface area (Å²) in [5.74, 6) is 0.245. The average molecular weight is 356 g/mol. The molecular weight excluding hydrogens is 332 g/mol. The van der Waals surface area contributed by atoms with Crippen molar-refractivity contribution < 1.29 is 9.32 Å². The molecule has 0 unspecified atom stereocenters. The Morgan fingerprint density at radius 1 is 1.31 bits per heavy atom. The Labute approximate surface area is 152 Å². The maximum atomic E-state index is 11.5. The number of aromatic nitrogens is 3. The highest BCUT2D eigenvalue weighted by Crippen LogP contribution is 2.24. The molecule has 2 aromatic rings. The minimum absolute atomic E-state index is 0.258. The van der Waals surface area contributed by atoms with Crippen LogP contribution < -0.4 is 5.73 Å². The first kappa shape index (κ1) is 17.0. The lowest BCUT2D eigenvalue weighted by atomic mass is 10.1. The number of carbonyl (C=O) groups is 1. The standard InChI is InChI=1S/C18H24N6O2/c1-2-3-5-22-7-8-24-14(11-22)9-13(20-24)10-23-6-4-16-15(12-23)17(18(19)25)21-26-16/h2-3,9H,4-8,10-12H2,1H3,(H2,19,25). The summed E-state index contributed by atoms with van der Waals surface area (Å²) < 4.78 is 7.37. The van der Waals surface area contributed by atoms with E-state index in [9.17, 15) is 4.79 Å². The van der Waals surface area contributed by atoms with E-state index >= 15 is 0 Å². The average Bonchev–Trinajstić information content (AvgIpc) is 3.22. The van der Waals surface area contributed by atoms with E-state index in [1.807, 2.05) is 0 Å². The summed E-state index contributed by atoms with van der Waals surface area (Å²) in [7, 11) is 0. The SMILES string of the molecule is CC=CCN1CCn2nc(CN3CCc4onc(C(N)=O)c4C3)cc2C1. The third-order valence-electron chi connectivity index (χ3n) is 5.05. The van der Waals surface area contributed by atoms with E-state index in [4.69, 9.17) is 15.4 Å². The Hall–Kier alpha value is -2.45. The first-order valence-electron chi connectivity index (χ1n) is 9.02. The van der Waals surface area contributed by atoms with E-state index in [0.717, 1.165) is 62.7 Å². The third-order valence-corrected chi connectivity index (χ3v) is 5.05. The number of hydrogen-bond acceptors (Lipinski definition) is 6. The molecule has 2 N–H and O–H groups in total. The van der Waals surface area contributed by atoms with Crippen molar-refractivity contribution in [3.63, 3.8) is 0 Å². The van der Waals surface area contributed by atoms with Crippen LogP contribution in [0, 0.1) is 0 Å². The van der Waals surface area contributed by atoms with E-state index in [0.29, 0.717) is 6.54 Å². The van der Waals surface area contributed by atoms with Gasteiger partial charge in [-0.3, -0.25) is 19.3 Å². The first-order valence-corrected chi connectivity index (χ1v) is 9.02. The molecule has 0 spiro atoms. The van der Waals surface area contributed by atoms with Crippen molar-refractivity contribution in [3.8, 4) is 0 Å². The fourth-order valence-corrected chi connectivity index (χ4v) is 3.69. The lowest BCUT2D eigenvalue weighted by molar-refractivity contribution is 0.0990. The second kappa shape index (κ2) is 7.05. The lowest BCUT2D eigenvalue weighted by Crippen LogP contribution is -2.33. The van der Waals surface area contributed by atoms with Crippen LogP contribution in [0.4, 0.5) is 0 Å². The molecular formula is C18H24N6O2. The van der Waals surface area contributed by atoms with E-state index < -0.39 is 5.91 Å². The highest BCUT2D eigenvalue weighted by molar-refractivity contribution is 5.92. The Kier molecular flexibility index (Phi) is 4.60. The topological polar surface area (TPSA) is 93.4 Å². The van der Waals surface area contributed by atoms with Crippen molar-refractivity contribution in [1.29, 1.82) is 0 Å². The van der Waals surface area contributed by atoms with Crippen molar-refractivity contribution in [2.24, 2.45) is 5.73 Å². The number of amides is 1. The predicted molar refractivity (Wildman–Crippen MR) is 95.2 cm³/mol. The van der Waals surface area contributed by atoms with Crippen LogP contribution in [0.1, 0.15) is 40.1 Å². The first-order chi connectivity index (χ1) is 12.6. The number of nitrogens with two attached hydrogens (primary N) is 1. The van der Waals surface area contributed by atoms with Crippen LogP contribution in [-0.4, -0.2) is 50.3 Å². The van der Waals surface area contributed by atoms with Crippen LogP contribution in [0.15, 0.2) is 22.7 Å². The van der Waals surface area contributed by atoms with Crippen LogP contribution in [0.3, 0.4) is 0 Å². The summed E-state index contributed by atoms with van der Waals surface area (Å²) in [6.07, 6.45) is 5.01. The third kappa shape index (κ3) is 3.30. The molecule has 4 heterocycles. The molecule has 0 saturated heterocycles. The van der Waals surface area contributed by atoms with Gasteiger partial charge in [-0.1, -0.05) is 17.3 Å². The van der Waals surface area contributed by atoms with Gasteiger partial charge in [-0.05, 0) is 13.0 Å². The largest absolute Gasteiger partial charge is 0.364 e. The molecule has 0 aliphatic carbocycles. The molecule has 1 amide bonds. The molecule has 8 heteroatoms. The maximum absolute atomic E-state index is 11.5. The van der Waals surface area contributed by atoms with Gasteiger partial charge in [0.15, 0.2) is 5.69 Å². The van der Waals surface area contributed by atoms with Crippen LogP contribution in [0.2, 0.25) is 0 Å². The Morgan fingerprint density at radius 2 is 2.19 bits per heavy atom. The quantitative estimate of drug-likeness (QED) is 0.801. The van der Waals surface area contributed by atoms with Gasteiger partial charge in [-0.25, -0.2) is 0 Å². The number of primary amides is 1. The van der Waals surface area contributed by atoms with Gasteiger partial charge in [-0.15, -0.1) is 0 Å². The van der Waals surface area contributed by atoms with Crippen molar-refractivity contribution in [1.82, 2.24) is 24.7 Å². The monoisotopic (exact) mass is 356 g/mol. The summed E-state index contributed by atoms with van der Waals surface area (Å²) in [6.45, 7) is 8.13. The summed E-state index contributed by atoms with van der Waals surface area (Å²) in [6, 6.07) is 2.19. The molecule has 0 atom stereocenters. The molecule has 138 valence electrons. The van der Waals surface area contributed by atoms with Crippen molar-refractivity contribution >= 4 is 5.91 Å². The lowest BCUT2D eigenvalue weighted by Gasteiger charge is -2.26. The van der Waals surface area contributed by atoms with Crippen LogP contribution in [0.5, 0.6) is 0 Å². The molecule has 2 aromatic heterocycles. The minimum Gasteiger partial charge on any atom is -0.364 e. The van der Waals surface area contributed by atoms with E-state index in [-0.39, 0.29) is 5.69 Å². The summed E-state index contributed by atoms with van der Waals surface area (Å²) in [5, 5.41) is 8.58. The van der Waals surface area contributed by atoms with E-state index in [2.05, 4.69) is 44.8 Å². The molecule has 0 radical (unpaired) electrons. The van der Waals surface area contributed by atoms with Crippen LogP contribution in [-0.2, 0) is 32.6 Å². The Balaban J connectivity index is 1.44. The zero-order chi connectivity index (χ0) is 18.1. The summed E-state index contributed by atoms with van der Waals surface area (Å²) in [4.78, 5) is 16.2. The molecule has 0 fully saturated rings. The summed E-state index contributed by atoms with van der Waals surface area (Å²) >= 11 is 0. The van der Waals surface area contributed by atoms with E-state index in [1.165, 1.54) is 5.69 Å². The van der Waals surface area contributed by atoms with Crippen LogP contribution >= 0.6 is 0 Å². The number of hydrogen-bond donors (Lipinski definition) is 1. The zero-order valence-electron chi connectivity index (χ0n) is 15.0. The van der Waals surface area contributed by atoms with Gasteiger partial charge >= 0.3 is 0 Å². The molecule has 8 nitrogen and oxygen atoms in total. The van der Waals surface area contributed by atoms with Gasteiger partial charge in [0.1, 0.15) is 5.76 Å². The van der Waals surface area contributed by atoms with Crippen molar-refractivity contribution in [2.45, 2.75) is 39.5 Å². The number of carbonyl (C=O) groups excluding carboxylic acids is 1. The second-order valence-corrected chi connectivity index (χ2v) is 6.91. The summed E-state index contributed by atoms with van der Waals surface area (Å²) in [5.41, 5.74) is 8.79. The Bertz CT molecular complexity index is 837. The Morgan fingerprint density at radius 3 is 3.00 bits per heavy atom. The number of allylic oxidation sites excluding steroid dienone is 1. The van der Waals surface area contributed by atoms with Gasteiger partial charge in [0.05, 0.1) is 17.9 Å². The molecule has 0 saturated carbocycles. The minimum atomic E-state index is -0.532. The van der Waals surface area contributed by atoms with Crippen molar-refractivity contribution in [3.05, 3.63) is 46.6 Å². The number of rotatable bonds is 5. The van der Waals surface area contributed by atoms with Gasteiger partial charge < -0.3 is 10.3 Å². The van der Waals surface area contributed by atoms with Gasteiger partial charge in [0.2, 0.25) is 0 Å². The number of nitrogens with zero attached hydrogens (tertiary/aromatic N) is 5. The van der Waals surface area contributed by atoms with Gasteiger partial charge in [0.25, 0.3) is 5.91 Å². The fourth-order valence-electron chi connectivity index (χ4n) is 3.69. The molecule has 26 heavy (non-hydrogen) atoms. The molecule has 4 rings (SSSR count). The second-order valence-electron chi connectivity index (χ2n) is 6.91.